The number of Topliss-reactive ketones (excluding diaryl/α,β-unsaturated/α-hetero) is 1. The van der Waals surface area contributed by atoms with E-state index in [4.69, 9.17) is 9.84 Å². The second-order valence-electron chi connectivity index (χ2n) is 4.57. The summed E-state index contributed by atoms with van der Waals surface area (Å²) in [6.45, 7) is 2.55. The highest BCUT2D eigenvalue weighted by molar-refractivity contribution is 5.98. The number of carbonyl (C=O) groups excluding carboxylic acids is 1. The Kier molecular flexibility index (Phi) is 6.47. The summed E-state index contributed by atoms with van der Waals surface area (Å²) in [5.74, 6) is 0.374. The molecule has 0 aliphatic heterocycles. The number of hydrogen-bond donors (Lipinski definition) is 1. The average Bonchev–Trinajstić information content (AvgIpc) is 2.66. The fraction of sp³-hybridized carbons (Fsp3) is 0.714. The molecule has 0 bridgehead atoms. The van der Waals surface area contributed by atoms with E-state index in [0.717, 1.165) is 49.9 Å². The predicted molar refractivity (Wildman–Crippen MR) is 68.2 cm³/mol. The van der Waals surface area contributed by atoms with E-state index in [9.17, 15) is 9.59 Å². The second kappa shape index (κ2) is 7.90. The molecule has 0 aromatic rings. The first-order valence-corrected chi connectivity index (χ1v) is 6.75. The molecule has 1 rings (SSSR count). The van der Waals surface area contributed by atoms with Crippen LogP contribution in [0.25, 0.3) is 0 Å². The molecule has 0 heterocycles. The topological polar surface area (TPSA) is 63.6 Å². The van der Waals surface area contributed by atoms with E-state index in [-0.39, 0.29) is 12.2 Å². The van der Waals surface area contributed by atoms with E-state index in [1.54, 1.807) is 0 Å². The van der Waals surface area contributed by atoms with Crippen LogP contribution in [-0.2, 0) is 14.3 Å². The molecule has 0 amide bonds. The molecule has 0 aromatic carbocycles. The minimum atomic E-state index is -0.734. The molecular formula is C14H22O4. The van der Waals surface area contributed by atoms with E-state index in [1.165, 1.54) is 0 Å². The van der Waals surface area contributed by atoms with Gasteiger partial charge in [-0.2, -0.15) is 0 Å². The first-order chi connectivity index (χ1) is 8.65. The summed E-state index contributed by atoms with van der Waals surface area (Å²) in [4.78, 5) is 22.0. The van der Waals surface area contributed by atoms with Crippen molar-refractivity contribution in [2.75, 3.05) is 6.61 Å². The van der Waals surface area contributed by atoms with Crippen molar-refractivity contribution in [3.05, 3.63) is 11.3 Å². The molecule has 0 saturated carbocycles. The Balaban J connectivity index is 2.22. The number of ether oxygens (including phenoxy) is 1. The molecule has 0 unspecified atom stereocenters. The molecule has 0 saturated heterocycles. The maximum absolute atomic E-state index is 11.7. The second-order valence-corrected chi connectivity index (χ2v) is 4.57. The van der Waals surface area contributed by atoms with Gasteiger partial charge in [0.15, 0.2) is 5.78 Å². The molecule has 0 atom stereocenters. The van der Waals surface area contributed by atoms with Gasteiger partial charge in [0.05, 0.1) is 6.61 Å². The van der Waals surface area contributed by atoms with Gasteiger partial charge in [-0.05, 0) is 26.2 Å². The van der Waals surface area contributed by atoms with Crippen molar-refractivity contribution < 1.29 is 19.4 Å². The van der Waals surface area contributed by atoms with Gasteiger partial charge in [0.25, 0.3) is 0 Å². The Morgan fingerprint density at radius 1 is 1.22 bits per heavy atom. The van der Waals surface area contributed by atoms with Gasteiger partial charge < -0.3 is 9.84 Å². The Hall–Kier alpha value is -1.32. The molecule has 0 aromatic heterocycles. The van der Waals surface area contributed by atoms with Gasteiger partial charge in [-0.3, -0.25) is 9.59 Å². The lowest BCUT2D eigenvalue weighted by molar-refractivity contribution is -0.137. The summed E-state index contributed by atoms with van der Waals surface area (Å²) in [6.07, 6.45) is 5.91. The van der Waals surface area contributed by atoms with Crippen LogP contribution in [0.5, 0.6) is 0 Å². The summed E-state index contributed by atoms with van der Waals surface area (Å²) in [6, 6.07) is 0. The lowest BCUT2D eigenvalue weighted by Gasteiger charge is -2.07. The van der Waals surface area contributed by atoms with E-state index in [2.05, 4.69) is 0 Å². The largest absolute Gasteiger partial charge is 0.498 e. The van der Waals surface area contributed by atoms with Crippen molar-refractivity contribution in [1.82, 2.24) is 0 Å². The Labute approximate surface area is 108 Å². The molecular weight excluding hydrogens is 232 g/mol. The Morgan fingerprint density at radius 2 is 1.94 bits per heavy atom. The zero-order valence-corrected chi connectivity index (χ0v) is 11.0. The monoisotopic (exact) mass is 254 g/mol. The van der Waals surface area contributed by atoms with Crippen LogP contribution >= 0.6 is 0 Å². The number of hydrogen-bond acceptors (Lipinski definition) is 3. The molecule has 4 heteroatoms. The molecule has 18 heavy (non-hydrogen) atoms. The third-order valence-electron chi connectivity index (χ3n) is 3.14. The Morgan fingerprint density at radius 3 is 2.61 bits per heavy atom. The number of aliphatic carboxylic acids is 1. The molecule has 1 aliphatic carbocycles. The standard InChI is InChI=1S/C14H22O4/c1-2-18-13-10-9-12(15)11(13)7-5-3-4-6-8-14(16)17/h2-10H2,1H3,(H,16,17). The quantitative estimate of drug-likeness (QED) is 0.642. The zero-order valence-electron chi connectivity index (χ0n) is 11.0. The van der Waals surface area contributed by atoms with Gasteiger partial charge in [0, 0.05) is 24.8 Å². The molecule has 102 valence electrons. The van der Waals surface area contributed by atoms with E-state index < -0.39 is 5.97 Å². The number of carboxylic acid groups (broad SMARTS) is 1. The van der Waals surface area contributed by atoms with Crippen LogP contribution in [0.3, 0.4) is 0 Å². The van der Waals surface area contributed by atoms with Gasteiger partial charge in [0.2, 0.25) is 0 Å². The van der Waals surface area contributed by atoms with Crippen molar-refractivity contribution in [2.45, 2.75) is 58.3 Å². The molecule has 1 N–H and O–H groups in total. The summed E-state index contributed by atoms with van der Waals surface area (Å²) in [7, 11) is 0. The first-order valence-electron chi connectivity index (χ1n) is 6.75. The van der Waals surface area contributed by atoms with Crippen LogP contribution in [0.4, 0.5) is 0 Å². The van der Waals surface area contributed by atoms with E-state index in [0.29, 0.717) is 13.0 Å². The van der Waals surface area contributed by atoms with Crippen LogP contribution in [0, 0.1) is 0 Å². The molecule has 1 aliphatic rings. The van der Waals surface area contributed by atoms with Gasteiger partial charge in [0.1, 0.15) is 5.76 Å². The van der Waals surface area contributed by atoms with Crippen molar-refractivity contribution in [3.8, 4) is 0 Å². The van der Waals surface area contributed by atoms with Gasteiger partial charge in [-0.1, -0.05) is 12.8 Å². The highest BCUT2D eigenvalue weighted by Gasteiger charge is 2.23. The molecule has 0 spiro atoms. The maximum atomic E-state index is 11.7. The summed E-state index contributed by atoms with van der Waals surface area (Å²) in [5.41, 5.74) is 0.870. The normalized spacial score (nSPS) is 15.3. The lowest BCUT2D eigenvalue weighted by atomic mass is 10.0. The number of carboxylic acids is 1. The fourth-order valence-corrected chi connectivity index (χ4v) is 2.23. The van der Waals surface area contributed by atoms with Crippen molar-refractivity contribution in [3.63, 3.8) is 0 Å². The smallest absolute Gasteiger partial charge is 0.303 e. The minimum absolute atomic E-state index is 0.226. The minimum Gasteiger partial charge on any atom is -0.498 e. The summed E-state index contributed by atoms with van der Waals surface area (Å²) in [5, 5.41) is 8.50. The predicted octanol–water partition coefficient (Wildman–Crippen LogP) is 3.07. The van der Waals surface area contributed by atoms with Crippen molar-refractivity contribution >= 4 is 11.8 Å². The SMILES string of the molecule is CCOC1=C(CCCCCCC(=O)O)C(=O)CC1. The Bertz CT molecular complexity index is 331. The van der Waals surface area contributed by atoms with Crippen LogP contribution < -0.4 is 0 Å². The van der Waals surface area contributed by atoms with Crippen LogP contribution in [0.2, 0.25) is 0 Å². The van der Waals surface area contributed by atoms with E-state index in [1.807, 2.05) is 6.92 Å². The van der Waals surface area contributed by atoms with E-state index >= 15 is 0 Å². The highest BCUT2D eigenvalue weighted by Crippen LogP contribution is 2.27. The zero-order chi connectivity index (χ0) is 13.4. The number of ketones is 1. The average molecular weight is 254 g/mol. The molecule has 0 fully saturated rings. The number of carbonyl (C=O) groups is 2. The first kappa shape index (κ1) is 14.7. The third-order valence-corrected chi connectivity index (χ3v) is 3.14. The molecule has 4 nitrogen and oxygen atoms in total. The van der Waals surface area contributed by atoms with Crippen LogP contribution in [0.15, 0.2) is 11.3 Å². The summed E-state index contributed by atoms with van der Waals surface area (Å²) < 4.78 is 5.48. The maximum Gasteiger partial charge on any atom is 0.303 e. The molecule has 0 radical (unpaired) electrons. The van der Waals surface area contributed by atoms with Crippen molar-refractivity contribution in [1.29, 1.82) is 0 Å². The lowest BCUT2D eigenvalue weighted by Crippen LogP contribution is -1.99. The van der Waals surface area contributed by atoms with Gasteiger partial charge in [-0.15, -0.1) is 0 Å². The third kappa shape index (κ3) is 4.90. The summed E-state index contributed by atoms with van der Waals surface area (Å²) >= 11 is 0. The fourth-order valence-electron chi connectivity index (χ4n) is 2.23. The number of rotatable bonds is 9. The van der Waals surface area contributed by atoms with Crippen molar-refractivity contribution in [2.24, 2.45) is 0 Å². The van der Waals surface area contributed by atoms with Crippen LogP contribution in [0.1, 0.15) is 58.3 Å². The highest BCUT2D eigenvalue weighted by atomic mass is 16.5. The van der Waals surface area contributed by atoms with Gasteiger partial charge >= 0.3 is 5.97 Å². The van der Waals surface area contributed by atoms with Gasteiger partial charge in [-0.25, -0.2) is 0 Å². The van der Waals surface area contributed by atoms with Crippen LogP contribution in [-0.4, -0.2) is 23.5 Å². The number of unbranched alkanes of at least 4 members (excludes halogenated alkanes) is 3. The number of allylic oxidation sites excluding steroid dienone is 2.